The number of nitrogens with zero attached hydrogens (tertiary/aromatic N) is 2. The highest BCUT2D eigenvalue weighted by molar-refractivity contribution is 7.80. The molecule has 0 bridgehead atoms. The van der Waals surface area contributed by atoms with Gasteiger partial charge in [0.05, 0.1) is 12.8 Å². The lowest BCUT2D eigenvalue weighted by Gasteiger charge is -2.09. The van der Waals surface area contributed by atoms with Crippen LogP contribution in [0.2, 0.25) is 0 Å². The number of rotatable bonds is 12. The van der Waals surface area contributed by atoms with Gasteiger partial charge in [0.25, 0.3) is 0 Å². The van der Waals surface area contributed by atoms with Crippen LogP contribution < -0.4 is 15.5 Å². The van der Waals surface area contributed by atoms with E-state index >= 15 is 0 Å². The second-order valence-electron chi connectivity index (χ2n) is 8.79. The highest BCUT2D eigenvalue weighted by atomic mass is 32.1. The monoisotopic (exact) mass is 498 g/mol. The number of unbranched alkanes of at least 4 members (excludes halogenated alkanes) is 3. The minimum Gasteiger partial charge on any atom is -0.492 e. The lowest BCUT2D eigenvalue weighted by Crippen LogP contribution is -2.23. The zero-order chi connectivity index (χ0) is 25.0. The molecule has 0 saturated heterocycles. The van der Waals surface area contributed by atoms with Gasteiger partial charge in [0.1, 0.15) is 12.4 Å². The van der Waals surface area contributed by atoms with E-state index in [9.17, 15) is 0 Å². The molecule has 3 aromatic carbocycles. The van der Waals surface area contributed by atoms with Crippen molar-refractivity contribution in [2.75, 3.05) is 11.9 Å². The third-order valence-electron chi connectivity index (χ3n) is 6.06. The summed E-state index contributed by atoms with van der Waals surface area (Å²) >= 11 is 5.34. The van der Waals surface area contributed by atoms with Crippen molar-refractivity contribution >= 4 is 40.1 Å². The number of anilines is 1. The van der Waals surface area contributed by atoms with Crippen molar-refractivity contribution in [2.45, 2.75) is 45.6 Å². The number of ether oxygens (including phenoxy) is 1. The van der Waals surface area contributed by atoms with Crippen LogP contribution in [0.25, 0.3) is 10.9 Å². The van der Waals surface area contributed by atoms with Gasteiger partial charge in [0.2, 0.25) is 0 Å². The fourth-order valence-electron chi connectivity index (χ4n) is 4.17. The van der Waals surface area contributed by atoms with Crippen molar-refractivity contribution in [2.24, 2.45) is 5.10 Å². The first kappa shape index (κ1) is 25.5. The number of thiocarbonyl (C=S) groups is 1. The number of nitrogens with one attached hydrogen (secondary N) is 2. The van der Waals surface area contributed by atoms with E-state index in [4.69, 9.17) is 17.0 Å². The van der Waals surface area contributed by atoms with Crippen LogP contribution >= 0.6 is 12.2 Å². The Balaban J connectivity index is 1.31. The third kappa shape index (κ3) is 7.43. The molecule has 0 aliphatic rings. The van der Waals surface area contributed by atoms with Crippen molar-refractivity contribution < 1.29 is 4.74 Å². The van der Waals surface area contributed by atoms with Crippen LogP contribution in [-0.2, 0) is 13.0 Å². The molecule has 0 saturated carbocycles. The molecule has 0 radical (unpaired) electrons. The van der Waals surface area contributed by atoms with E-state index in [1.54, 1.807) is 6.21 Å². The molecule has 0 aliphatic heterocycles. The molecule has 0 aliphatic carbocycles. The normalized spacial score (nSPS) is 11.1. The summed E-state index contributed by atoms with van der Waals surface area (Å²) < 4.78 is 8.25. The molecule has 36 heavy (non-hydrogen) atoms. The van der Waals surface area contributed by atoms with Crippen LogP contribution in [0.15, 0.2) is 90.2 Å². The number of para-hydroxylation sites is 2. The van der Waals surface area contributed by atoms with Crippen LogP contribution in [-0.4, -0.2) is 22.5 Å². The standard InChI is InChI=1S/C30H34N4OS/c1-2-3-4-6-11-24-16-18-27(19-17-24)35-21-20-34-23-25(28-14-9-10-15-29(28)34)22-31-33-30(36)32-26-12-7-5-8-13-26/h5,7-10,12-19,22-23H,2-4,6,11,20-21H2,1H3,(H2,32,33,36). The summed E-state index contributed by atoms with van der Waals surface area (Å²) in [5, 5.41) is 9.04. The lowest BCUT2D eigenvalue weighted by atomic mass is 10.1. The van der Waals surface area contributed by atoms with E-state index in [0.717, 1.165) is 40.9 Å². The molecule has 0 fully saturated rings. The van der Waals surface area contributed by atoms with E-state index in [0.29, 0.717) is 11.7 Å². The molecular weight excluding hydrogens is 464 g/mol. The summed E-state index contributed by atoms with van der Waals surface area (Å²) in [5.74, 6) is 0.911. The largest absolute Gasteiger partial charge is 0.492 e. The topological polar surface area (TPSA) is 50.6 Å². The average molecular weight is 499 g/mol. The van der Waals surface area contributed by atoms with Gasteiger partial charge in [-0.05, 0) is 61.0 Å². The van der Waals surface area contributed by atoms with Gasteiger partial charge in [0, 0.05) is 28.4 Å². The molecule has 0 amide bonds. The van der Waals surface area contributed by atoms with Gasteiger partial charge in [-0.3, -0.25) is 5.43 Å². The zero-order valence-corrected chi connectivity index (χ0v) is 21.6. The van der Waals surface area contributed by atoms with Crippen molar-refractivity contribution in [3.05, 3.63) is 96.2 Å². The smallest absolute Gasteiger partial charge is 0.191 e. The SMILES string of the molecule is CCCCCCc1ccc(OCCn2cc(C=NNC(=S)Nc3ccccc3)c3ccccc32)cc1. The molecule has 5 nitrogen and oxygen atoms in total. The van der Waals surface area contributed by atoms with Gasteiger partial charge in [0.15, 0.2) is 5.11 Å². The van der Waals surface area contributed by atoms with E-state index < -0.39 is 0 Å². The van der Waals surface area contributed by atoms with Crippen molar-refractivity contribution in [1.82, 2.24) is 9.99 Å². The second kappa shape index (κ2) is 13.4. The lowest BCUT2D eigenvalue weighted by molar-refractivity contribution is 0.300. The first-order valence-corrected chi connectivity index (χ1v) is 13.1. The zero-order valence-electron chi connectivity index (χ0n) is 20.8. The molecule has 0 unspecified atom stereocenters. The summed E-state index contributed by atoms with van der Waals surface area (Å²) in [6.07, 6.45) is 10.2. The predicted octanol–water partition coefficient (Wildman–Crippen LogP) is 7.16. The maximum absolute atomic E-state index is 6.04. The van der Waals surface area contributed by atoms with E-state index in [-0.39, 0.29) is 0 Å². The summed E-state index contributed by atoms with van der Waals surface area (Å²) in [6, 6.07) is 26.6. The van der Waals surface area contributed by atoms with E-state index in [2.05, 4.69) is 76.0 Å². The third-order valence-corrected chi connectivity index (χ3v) is 6.26. The Morgan fingerprint density at radius 1 is 0.944 bits per heavy atom. The summed E-state index contributed by atoms with van der Waals surface area (Å²) in [4.78, 5) is 0. The number of hydrazone groups is 1. The Bertz CT molecular complexity index is 1270. The number of fused-ring (bicyclic) bond motifs is 1. The molecular formula is C30H34N4OS. The molecule has 0 atom stereocenters. The Morgan fingerprint density at radius 2 is 1.72 bits per heavy atom. The Morgan fingerprint density at radius 3 is 2.53 bits per heavy atom. The molecule has 6 heteroatoms. The number of aromatic nitrogens is 1. The Kier molecular flexibility index (Phi) is 9.51. The minimum absolute atomic E-state index is 0.446. The number of aryl methyl sites for hydroxylation is 1. The van der Waals surface area contributed by atoms with Crippen LogP contribution in [0, 0.1) is 0 Å². The van der Waals surface area contributed by atoms with E-state index in [1.165, 1.54) is 31.2 Å². The fourth-order valence-corrected chi connectivity index (χ4v) is 4.34. The van der Waals surface area contributed by atoms with Crippen LogP contribution in [0.5, 0.6) is 5.75 Å². The molecule has 4 aromatic rings. The molecule has 4 rings (SSSR count). The van der Waals surface area contributed by atoms with Crippen LogP contribution in [0.1, 0.15) is 43.7 Å². The number of hydrogen-bond acceptors (Lipinski definition) is 3. The molecule has 1 heterocycles. The fraction of sp³-hybridized carbons (Fsp3) is 0.267. The van der Waals surface area contributed by atoms with E-state index in [1.807, 2.05) is 36.4 Å². The van der Waals surface area contributed by atoms with Gasteiger partial charge in [-0.1, -0.05) is 74.7 Å². The summed E-state index contributed by atoms with van der Waals surface area (Å²) in [6.45, 7) is 3.58. The van der Waals surface area contributed by atoms with Gasteiger partial charge in [-0.15, -0.1) is 0 Å². The first-order chi connectivity index (χ1) is 17.7. The molecule has 2 N–H and O–H groups in total. The second-order valence-corrected chi connectivity index (χ2v) is 9.20. The number of hydrogen-bond donors (Lipinski definition) is 2. The van der Waals surface area contributed by atoms with Crippen molar-refractivity contribution in [3.8, 4) is 5.75 Å². The highest BCUT2D eigenvalue weighted by Gasteiger charge is 2.07. The quantitative estimate of drug-likeness (QED) is 0.0941. The van der Waals surface area contributed by atoms with Crippen LogP contribution in [0.4, 0.5) is 5.69 Å². The van der Waals surface area contributed by atoms with Gasteiger partial charge in [-0.2, -0.15) is 5.10 Å². The molecule has 1 aromatic heterocycles. The summed E-state index contributed by atoms with van der Waals surface area (Å²) in [7, 11) is 0. The minimum atomic E-state index is 0.446. The van der Waals surface area contributed by atoms with Crippen LogP contribution in [0.3, 0.4) is 0 Å². The highest BCUT2D eigenvalue weighted by Crippen LogP contribution is 2.20. The molecule has 0 spiro atoms. The molecule has 186 valence electrons. The van der Waals surface area contributed by atoms with Crippen molar-refractivity contribution in [3.63, 3.8) is 0 Å². The maximum atomic E-state index is 6.04. The van der Waals surface area contributed by atoms with Crippen molar-refractivity contribution in [1.29, 1.82) is 0 Å². The first-order valence-electron chi connectivity index (χ1n) is 12.7. The van der Waals surface area contributed by atoms with Gasteiger partial charge < -0.3 is 14.6 Å². The maximum Gasteiger partial charge on any atom is 0.191 e. The Hall–Kier alpha value is -3.64. The van der Waals surface area contributed by atoms with Gasteiger partial charge in [-0.25, -0.2) is 0 Å². The predicted molar refractivity (Wildman–Crippen MR) is 155 cm³/mol. The van der Waals surface area contributed by atoms with Gasteiger partial charge >= 0.3 is 0 Å². The Labute approximate surface area is 219 Å². The number of benzene rings is 3. The summed E-state index contributed by atoms with van der Waals surface area (Å²) in [5.41, 5.74) is 7.37. The average Bonchev–Trinajstić information content (AvgIpc) is 3.25.